The molecule has 1 heterocycles. The van der Waals surface area contributed by atoms with Crippen LogP contribution >= 0.6 is 0 Å². The van der Waals surface area contributed by atoms with Gasteiger partial charge in [-0.2, -0.15) is 0 Å². The van der Waals surface area contributed by atoms with E-state index >= 15 is 0 Å². The smallest absolute Gasteiger partial charge is 0.264 e. The number of aryl methyl sites for hydroxylation is 2. The van der Waals surface area contributed by atoms with E-state index in [0.717, 1.165) is 11.1 Å². The minimum atomic E-state index is -3.75. The molecular weight excluding hydrogens is 366 g/mol. The van der Waals surface area contributed by atoms with Crippen molar-refractivity contribution in [2.45, 2.75) is 37.7 Å². The van der Waals surface area contributed by atoms with Crippen LogP contribution in [0.4, 0.5) is 5.69 Å². The molecular formula is C19H23N3O4S. The first-order chi connectivity index (χ1) is 12.8. The Labute approximate surface area is 159 Å². The van der Waals surface area contributed by atoms with Crippen LogP contribution in [0.15, 0.2) is 52.5 Å². The van der Waals surface area contributed by atoms with E-state index in [9.17, 15) is 8.42 Å². The molecule has 2 aromatic rings. The molecule has 27 heavy (non-hydrogen) atoms. The fourth-order valence-electron chi connectivity index (χ4n) is 3.06. The lowest BCUT2D eigenvalue weighted by molar-refractivity contribution is 0.191. The van der Waals surface area contributed by atoms with Crippen molar-refractivity contribution in [3.63, 3.8) is 0 Å². The van der Waals surface area contributed by atoms with Crippen LogP contribution in [0.1, 0.15) is 24.0 Å². The molecule has 1 aliphatic heterocycles. The molecule has 1 aliphatic rings. The molecule has 0 aliphatic carbocycles. The zero-order valence-electron chi connectivity index (χ0n) is 15.3. The van der Waals surface area contributed by atoms with Gasteiger partial charge >= 0.3 is 0 Å². The van der Waals surface area contributed by atoms with E-state index in [1.807, 2.05) is 32.0 Å². The topological polar surface area (TPSA) is 105 Å². The second-order valence-corrected chi connectivity index (χ2v) is 8.56. The molecule has 0 saturated heterocycles. The number of oxime groups is 1. The quantitative estimate of drug-likeness (QED) is 0.354. The number of rotatable bonds is 5. The van der Waals surface area contributed by atoms with Gasteiger partial charge in [-0.25, -0.2) is 8.42 Å². The summed E-state index contributed by atoms with van der Waals surface area (Å²) in [6.07, 6.45) is 0.337. The Hall–Kier alpha value is -2.74. The van der Waals surface area contributed by atoms with Crippen molar-refractivity contribution in [3.05, 3.63) is 53.6 Å². The van der Waals surface area contributed by atoms with Crippen molar-refractivity contribution in [2.75, 3.05) is 10.8 Å². The third kappa shape index (κ3) is 4.00. The Morgan fingerprint density at radius 1 is 1.26 bits per heavy atom. The molecule has 0 unspecified atom stereocenters. The van der Waals surface area contributed by atoms with Gasteiger partial charge in [0, 0.05) is 6.42 Å². The maximum Gasteiger partial charge on any atom is 0.264 e. The molecule has 0 saturated carbocycles. The molecule has 0 fully saturated rings. The summed E-state index contributed by atoms with van der Waals surface area (Å²) in [4.78, 5) is 0.243. The summed E-state index contributed by atoms with van der Waals surface area (Å²) in [6, 6.07) is 12.3. The maximum atomic E-state index is 13.3. The van der Waals surface area contributed by atoms with Gasteiger partial charge in [-0.15, -0.1) is 0 Å². The number of hydrogen-bond acceptors (Lipinski definition) is 5. The highest BCUT2D eigenvalue weighted by molar-refractivity contribution is 7.92. The average Bonchev–Trinajstić information content (AvgIpc) is 2.65. The Morgan fingerprint density at radius 3 is 2.70 bits per heavy atom. The second-order valence-electron chi connectivity index (χ2n) is 6.69. The Bertz CT molecular complexity index is 973. The number of fused-ring (bicyclic) bond motifs is 1. The van der Waals surface area contributed by atoms with Gasteiger partial charge in [-0.05, 0) is 55.7 Å². The predicted octanol–water partition coefficient (Wildman–Crippen LogP) is 2.79. The minimum absolute atomic E-state index is 0.0846. The summed E-state index contributed by atoms with van der Waals surface area (Å²) in [5.41, 5.74) is 7.88. The molecule has 1 atom stereocenters. The lowest BCUT2D eigenvalue weighted by atomic mass is 10.1. The zero-order valence-corrected chi connectivity index (χ0v) is 16.1. The molecule has 3 N–H and O–H groups in total. The summed E-state index contributed by atoms with van der Waals surface area (Å²) in [5.74, 6) is 0.592. The molecule has 8 heteroatoms. The van der Waals surface area contributed by atoms with Crippen LogP contribution in [0.3, 0.4) is 0 Å². The van der Waals surface area contributed by atoms with Crippen molar-refractivity contribution in [3.8, 4) is 5.75 Å². The molecule has 0 radical (unpaired) electrons. The Kier molecular flexibility index (Phi) is 5.27. The third-order valence-electron chi connectivity index (χ3n) is 4.47. The first-order valence-corrected chi connectivity index (χ1v) is 10.1. The number of sulfonamides is 1. The summed E-state index contributed by atoms with van der Waals surface area (Å²) in [6.45, 7) is 3.92. The number of nitrogens with two attached hydrogens (primary N) is 1. The number of nitrogens with zero attached hydrogens (tertiary/aromatic N) is 2. The highest BCUT2D eigenvalue weighted by Crippen LogP contribution is 2.38. The molecule has 0 spiro atoms. The number of hydrogen-bond donors (Lipinski definition) is 2. The molecule has 0 aromatic heterocycles. The number of benzene rings is 2. The van der Waals surface area contributed by atoms with Crippen LogP contribution in [-0.4, -0.2) is 32.1 Å². The van der Waals surface area contributed by atoms with Crippen molar-refractivity contribution in [1.29, 1.82) is 0 Å². The average molecular weight is 389 g/mol. The summed E-state index contributed by atoms with van der Waals surface area (Å²) in [5, 5.41) is 11.7. The molecule has 2 aromatic carbocycles. The van der Waals surface area contributed by atoms with E-state index < -0.39 is 16.1 Å². The SMILES string of the molecule is Cc1cccc(S(=O)(=O)N2C[C@H](CC/C(N)=N/O)Oc3ccc(C)cc32)c1. The van der Waals surface area contributed by atoms with E-state index in [1.165, 1.54) is 4.31 Å². The molecule has 0 bridgehead atoms. The fourth-order valence-corrected chi connectivity index (χ4v) is 4.67. The molecule has 0 amide bonds. The predicted molar refractivity (Wildman–Crippen MR) is 104 cm³/mol. The first-order valence-electron chi connectivity index (χ1n) is 8.64. The van der Waals surface area contributed by atoms with Crippen LogP contribution in [0.2, 0.25) is 0 Å². The van der Waals surface area contributed by atoms with Crippen LogP contribution < -0.4 is 14.8 Å². The van der Waals surface area contributed by atoms with Crippen LogP contribution in [0.25, 0.3) is 0 Å². The van der Waals surface area contributed by atoms with Crippen molar-refractivity contribution in [2.24, 2.45) is 10.9 Å². The summed E-state index contributed by atoms with van der Waals surface area (Å²) < 4.78 is 34.0. The number of amidine groups is 1. The van der Waals surface area contributed by atoms with Crippen LogP contribution in [0, 0.1) is 13.8 Å². The third-order valence-corrected chi connectivity index (χ3v) is 6.25. The maximum absolute atomic E-state index is 13.3. The second kappa shape index (κ2) is 7.48. The van der Waals surface area contributed by atoms with Gasteiger partial charge in [-0.1, -0.05) is 23.4 Å². The van der Waals surface area contributed by atoms with Gasteiger partial charge in [0.05, 0.1) is 17.1 Å². The normalized spacial score (nSPS) is 17.3. The van der Waals surface area contributed by atoms with E-state index in [2.05, 4.69) is 5.16 Å². The van der Waals surface area contributed by atoms with E-state index in [1.54, 1.807) is 24.3 Å². The lowest BCUT2D eigenvalue weighted by Gasteiger charge is -2.35. The van der Waals surface area contributed by atoms with Gasteiger partial charge in [0.1, 0.15) is 17.7 Å². The van der Waals surface area contributed by atoms with Crippen LogP contribution in [-0.2, 0) is 10.0 Å². The van der Waals surface area contributed by atoms with E-state index in [4.69, 9.17) is 15.7 Å². The number of anilines is 1. The summed E-state index contributed by atoms with van der Waals surface area (Å²) in [7, 11) is -3.75. The first kappa shape index (κ1) is 19.0. The summed E-state index contributed by atoms with van der Waals surface area (Å²) >= 11 is 0. The van der Waals surface area contributed by atoms with E-state index in [-0.39, 0.29) is 17.3 Å². The Balaban J connectivity index is 2.00. The molecule has 144 valence electrons. The standard InChI is InChI=1S/C19H23N3O4S/c1-13-4-3-5-16(10-13)27(24,25)22-12-15(7-9-19(20)21-23)26-18-8-6-14(2)11-17(18)22/h3-6,8,10-11,15,23H,7,9,12H2,1-2H3,(H2,20,21)/t15-/m0/s1. The van der Waals surface area contributed by atoms with Gasteiger partial charge in [0.15, 0.2) is 0 Å². The molecule has 3 rings (SSSR count). The minimum Gasteiger partial charge on any atom is -0.486 e. The zero-order chi connectivity index (χ0) is 19.6. The van der Waals surface area contributed by atoms with Crippen molar-refractivity contribution >= 4 is 21.5 Å². The monoisotopic (exact) mass is 389 g/mol. The van der Waals surface area contributed by atoms with Gasteiger partial charge < -0.3 is 15.7 Å². The van der Waals surface area contributed by atoms with Crippen molar-refractivity contribution in [1.82, 2.24) is 0 Å². The molecule has 7 nitrogen and oxygen atoms in total. The van der Waals surface area contributed by atoms with E-state index in [0.29, 0.717) is 24.3 Å². The number of ether oxygens (including phenoxy) is 1. The van der Waals surface area contributed by atoms with Crippen molar-refractivity contribution < 1.29 is 18.4 Å². The van der Waals surface area contributed by atoms with Crippen LogP contribution in [0.5, 0.6) is 5.75 Å². The lowest BCUT2D eigenvalue weighted by Crippen LogP contribution is -2.44. The highest BCUT2D eigenvalue weighted by atomic mass is 32.2. The largest absolute Gasteiger partial charge is 0.486 e. The van der Waals surface area contributed by atoms with Gasteiger partial charge in [0.2, 0.25) is 0 Å². The highest BCUT2D eigenvalue weighted by Gasteiger charge is 2.34. The Morgan fingerprint density at radius 2 is 2.00 bits per heavy atom. The van der Waals surface area contributed by atoms with Gasteiger partial charge in [-0.3, -0.25) is 4.31 Å². The fraction of sp³-hybridized carbons (Fsp3) is 0.316. The van der Waals surface area contributed by atoms with Gasteiger partial charge in [0.25, 0.3) is 10.0 Å².